The molecule has 0 radical (unpaired) electrons. The standard InChI is InChI=1S/C14H11NO4S/c1-19-14(18)8-6-10(16)12(17)11-7-2-3-9(7)15-4-5-20-13(8)11/h2-4,8H,5-6H2,1H3/t8-/m1/s1. The molecular formula is C14H11NO4S. The monoisotopic (exact) mass is 289 g/mol. The Hall–Kier alpha value is -1.95. The van der Waals surface area contributed by atoms with Crippen molar-refractivity contribution in [2.45, 2.75) is 6.42 Å². The van der Waals surface area contributed by atoms with Crippen LogP contribution in [0, 0.1) is 5.92 Å². The second-order valence-corrected chi connectivity index (χ2v) is 5.59. The molecule has 6 heteroatoms. The summed E-state index contributed by atoms with van der Waals surface area (Å²) >= 11 is 1.37. The molecule has 1 aliphatic heterocycles. The maximum Gasteiger partial charge on any atom is 0.314 e. The minimum absolute atomic E-state index is 0.110. The smallest absolute Gasteiger partial charge is 0.314 e. The van der Waals surface area contributed by atoms with Crippen LogP contribution < -0.4 is 0 Å². The molecule has 0 spiro atoms. The lowest BCUT2D eigenvalue weighted by Gasteiger charge is -2.28. The van der Waals surface area contributed by atoms with Crippen molar-refractivity contribution in [3.63, 3.8) is 0 Å². The van der Waals surface area contributed by atoms with Crippen LogP contribution in [0.5, 0.6) is 0 Å². The number of ether oxygens (including phenoxy) is 1. The Morgan fingerprint density at radius 1 is 1.40 bits per heavy atom. The van der Waals surface area contributed by atoms with Crippen LogP contribution in [-0.4, -0.2) is 36.6 Å². The van der Waals surface area contributed by atoms with E-state index in [0.717, 1.165) is 0 Å². The fourth-order valence-electron chi connectivity index (χ4n) is 2.38. The van der Waals surface area contributed by atoms with E-state index in [4.69, 9.17) is 4.74 Å². The van der Waals surface area contributed by atoms with Gasteiger partial charge in [-0.1, -0.05) is 0 Å². The van der Waals surface area contributed by atoms with Crippen molar-refractivity contribution >= 4 is 35.5 Å². The number of ketones is 2. The second-order valence-electron chi connectivity index (χ2n) is 4.53. The first-order chi connectivity index (χ1) is 9.63. The van der Waals surface area contributed by atoms with Gasteiger partial charge in [-0.2, -0.15) is 0 Å². The number of esters is 1. The molecule has 1 atom stereocenters. The number of thioether (sulfide) groups is 1. The highest BCUT2D eigenvalue weighted by Crippen LogP contribution is 2.42. The van der Waals surface area contributed by atoms with Gasteiger partial charge in [0.2, 0.25) is 11.6 Å². The Morgan fingerprint density at radius 2 is 2.20 bits per heavy atom. The highest BCUT2D eigenvalue weighted by Gasteiger charge is 2.41. The van der Waals surface area contributed by atoms with Crippen LogP contribution in [0.4, 0.5) is 0 Å². The van der Waals surface area contributed by atoms with Crippen molar-refractivity contribution in [1.82, 2.24) is 0 Å². The van der Waals surface area contributed by atoms with Gasteiger partial charge < -0.3 is 4.74 Å². The predicted octanol–water partition coefficient (Wildman–Crippen LogP) is 1.21. The van der Waals surface area contributed by atoms with E-state index in [9.17, 15) is 14.4 Å². The quantitative estimate of drug-likeness (QED) is 0.536. The molecule has 0 bridgehead atoms. The number of Topliss-reactive ketones (excluding diaryl/α,β-unsaturated/α-hetero) is 2. The van der Waals surface area contributed by atoms with Gasteiger partial charge in [-0.3, -0.25) is 19.4 Å². The van der Waals surface area contributed by atoms with Gasteiger partial charge in [0.25, 0.3) is 0 Å². The van der Waals surface area contributed by atoms with Crippen molar-refractivity contribution in [1.29, 1.82) is 0 Å². The highest BCUT2D eigenvalue weighted by molar-refractivity contribution is 8.03. The van der Waals surface area contributed by atoms with E-state index in [1.54, 1.807) is 18.4 Å². The van der Waals surface area contributed by atoms with Gasteiger partial charge in [-0.25, -0.2) is 0 Å². The van der Waals surface area contributed by atoms with Crippen LogP contribution in [0.25, 0.3) is 0 Å². The Morgan fingerprint density at radius 3 is 2.85 bits per heavy atom. The summed E-state index contributed by atoms with van der Waals surface area (Å²) in [6, 6.07) is 0. The molecule has 0 saturated carbocycles. The average molecular weight is 289 g/mol. The van der Waals surface area contributed by atoms with Crippen LogP contribution in [-0.2, 0) is 19.1 Å². The Kier molecular flexibility index (Phi) is 3.17. The minimum Gasteiger partial charge on any atom is -0.469 e. The summed E-state index contributed by atoms with van der Waals surface area (Å²) < 4.78 is 4.76. The van der Waals surface area contributed by atoms with E-state index in [0.29, 0.717) is 27.5 Å². The topological polar surface area (TPSA) is 72.8 Å². The third-order valence-corrected chi connectivity index (χ3v) is 4.53. The van der Waals surface area contributed by atoms with Crippen LogP contribution in [0.1, 0.15) is 6.42 Å². The largest absolute Gasteiger partial charge is 0.469 e. The fraction of sp³-hybridized carbons (Fsp3) is 0.286. The molecule has 3 rings (SSSR count). The summed E-state index contributed by atoms with van der Waals surface area (Å²) in [6.07, 6.45) is 5.16. The van der Waals surface area contributed by atoms with E-state index >= 15 is 0 Å². The van der Waals surface area contributed by atoms with Gasteiger partial charge in [0.15, 0.2) is 0 Å². The molecule has 2 aliphatic carbocycles. The molecule has 20 heavy (non-hydrogen) atoms. The van der Waals surface area contributed by atoms with Crippen molar-refractivity contribution in [3.05, 3.63) is 33.9 Å². The van der Waals surface area contributed by atoms with E-state index in [1.165, 1.54) is 18.9 Å². The lowest BCUT2D eigenvalue weighted by molar-refractivity contribution is -0.146. The van der Waals surface area contributed by atoms with E-state index in [1.807, 2.05) is 0 Å². The molecule has 0 aromatic rings. The normalized spacial score (nSPS) is 24.8. The SMILES string of the molecule is COC(=O)[C@@H]1CC(=O)C(=O)C2=C1SCC=NC1=C2C=C1. The molecule has 0 aromatic heterocycles. The maximum absolute atomic E-state index is 12.2. The number of carbonyl (C=O) groups excluding carboxylic acids is 3. The Balaban J connectivity index is 2.16. The number of hydrogen-bond acceptors (Lipinski definition) is 6. The second kappa shape index (κ2) is 4.86. The molecule has 0 amide bonds. The Labute approximate surface area is 119 Å². The van der Waals surface area contributed by atoms with Crippen molar-refractivity contribution in [2.75, 3.05) is 12.9 Å². The summed E-state index contributed by atoms with van der Waals surface area (Å²) in [5.41, 5.74) is 1.66. The number of carbonyl (C=O) groups is 3. The molecule has 5 nitrogen and oxygen atoms in total. The molecule has 0 unspecified atom stereocenters. The van der Waals surface area contributed by atoms with Gasteiger partial charge in [0.05, 0.1) is 18.7 Å². The summed E-state index contributed by atoms with van der Waals surface area (Å²) in [5, 5.41) is 0. The van der Waals surface area contributed by atoms with Crippen molar-refractivity contribution < 1.29 is 19.1 Å². The number of fused-ring (bicyclic) bond motifs is 1. The van der Waals surface area contributed by atoms with Crippen LogP contribution in [0.3, 0.4) is 0 Å². The summed E-state index contributed by atoms with van der Waals surface area (Å²) in [4.78, 5) is 40.8. The first-order valence-electron chi connectivity index (χ1n) is 6.11. The van der Waals surface area contributed by atoms with Gasteiger partial charge in [-0.05, 0) is 12.2 Å². The molecule has 3 aliphatic rings. The third-order valence-electron chi connectivity index (χ3n) is 3.42. The van der Waals surface area contributed by atoms with Crippen LogP contribution in [0.2, 0.25) is 0 Å². The Bertz CT molecular complexity index is 654. The van der Waals surface area contributed by atoms with Gasteiger partial charge in [0, 0.05) is 34.4 Å². The van der Waals surface area contributed by atoms with E-state index in [-0.39, 0.29) is 6.42 Å². The average Bonchev–Trinajstić information content (AvgIpc) is 2.41. The number of methoxy groups -OCH3 is 1. The highest BCUT2D eigenvalue weighted by atomic mass is 32.2. The number of allylic oxidation sites excluding steroid dienone is 4. The number of nitrogens with zero attached hydrogens (tertiary/aromatic N) is 1. The van der Waals surface area contributed by atoms with Crippen molar-refractivity contribution in [2.24, 2.45) is 10.9 Å². The van der Waals surface area contributed by atoms with Crippen LogP contribution in [0.15, 0.2) is 38.9 Å². The zero-order valence-corrected chi connectivity index (χ0v) is 11.5. The minimum atomic E-state index is -0.681. The molecule has 0 N–H and O–H groups in total. The molecule has 0 fully saturated rings. The first-order valence-corrected chi connectivity index (χ1v) is 7.09. The number of aliphatic imine (C=N–C) groups is 1. The fourth-order valence-corrected chi connectivity index (χ4v) is 3.44. The van der Waals surface area contributed by atoms with Gasteiger partial charge in [0.1, 0.15) is 0 Å². The van der Waals surface area contributed by atoms with Crippen LogP contribution >= 0.6 is 11.8 Å². The van der Waals surface area contributed by atoms with E-state index < -0.39 is 23.5 Å². The lowest BCUT2D eigenvalue weighted by atomic mass is 9.82. The van der Waals surface area contributed by atoms with E-state index in [2.05, 4.69) is 4.99 Å². The lowest BCUT2D eigenvalue weighted by Crippen LogP contribution is -2.34. The molecule has 1 heterocycles. The molecule has 0 aromatic carbocycles. The molecular weight excluding hydrogens is 278 g/mol. The maximum atomic E-state index is 12.2. The molecule has 102 valence electrons. The third kappa shape index (κ3) is 1.87. The first kappa shape index (κ1) is 13.1. The van der Waals surface area contributed by atoms with Crippen molar-refractivity contribution in [3.8, 4) is 0 Å². The number of hydrogen-bond donors (Lipinski definition) is 0. The molecule has 0 saturated heterocycles. The zero-order valence-electron chi connectivity index (χ0n) is 10.7. The predicted molar refractivity (Wildman–Crippen MR) is 74.3 cm³/mol. The zero-order chi connectivity index (χ0) is 14.3. The summed E-state index contributed by atoms with van der Waals surface area (Å²) in [5.74, 6) is -1.68. The summed E-state index contributed by atoms with van der Waals surface area (Å²) in [7, 11) is 1.28. The number of rotatable bonds is 1. The van der Waals surface area contributed by atoms with Gasteiger partial charge in [-0.15, -0.1) is 11.8 Å². The van der Waals surface area contributed by atoms with Gasteiger partial charge >= 0.3 is 5.97 Å². The summed E-state index contributed by atoms with van der Waals surface area (Å²) in [6.45, 7) is 0.